The van der Waals surface area contributed by atoms with Gasteiger partial charge in [0, 0.05) is 5.41 Å². The summed E-state index contributed by atoms with van der Waals surface area (Å²) in [5.74, 6) is -0.179. The van der Waals surface area contributed by atoms with Crippen LogP contribution in [0.3, 0.4) is 0 Å². The van der Waals surface area contributed by atoms with Gasteiger partial charge < -0.3 is 4.74 Å². The second-order valence-corrected chi connectivity index (χ2v) is 5.98. The van der Waals surface area contributed by atoms with Crippen molar-refractivity contribution < 1.29 is 9.53 Å². The Kier molecular flexibility index (Phi) is 3.54. The van der Waals surface area contributed by atoms with Gasteiger partial charge in [-0.1, -0.05) is 61.5 Å². The molecule has 2 aromatic rings. The van der Waals surface area contributed by atoms with Gasteiger partial charge in [-0.15, -0.1) is 0 Å². The van der Waals surface area contributed by atoms with Gasteiger partial charge in [-0.05, 0) is 29.5 Å². The summed E-state index contributed by atoms with van der Waals surface area (Å²) in [7, 11) is 1.47. The largest absolute Gasteiger partial charge is 0.469 e. The molecule has 1 aliphatic rings. The van der Waals surface area contributed by atoms with Gasteiger partial charge in [0.05, 0.1) is 13.0 Å². The number of hydrogen-bond donors (Lipinski definition) is 0. The maximum atomic E-state index is 12.1. The SMILES string of the molecule is COC(=O)[C@@H]1Cc2ccccc2[C@](C)(c2ccccc2)C1. The Bertz CT molecular complexity index is 648. The van der Waals surface area contributed by atoms with E-state index in [1.54, 1.807) is 0 Å². The minimum atomic E-state index is -0.144. The van der Waals surface area contributed by atoms with E-state index in [1.165, 1.54) is 23.8 Å². The van der Waals surface area contributed by atoms with Crippen LogP contribution in [0.1, 0.15) is 30.0 Å². The second kappa shape index (κ2) is 5.36. The van der Waals surface area contributed by atoms with Crippen molar-refractivity contribution in [3.05, 3.63) is 71.3 Å². The Balaban J connectivity index is 2.12. The topological polar surface area (TPSA) is 26.3 Å². The van der Waals surface area contributed by atoms with Crippen LogP contribution < -0.4 is 0 Å². The predicted molar refractivity (Wildman–Crippen MR) is 83.2 cm³/mol. The van der Waals surface area contributed by atoms with Crippen molar-refractivity contribution in [2.24, 2.45) is 5.92 Å². The molecule has 2 atom stereocenters. The summed E-state index contributed by atoms with van der Waals surface area (Å²) in [5.41, 5.74) is 3.70. The van der Waals surface area contributed by atoms with Crippen molar-refractivity contribution in [1.29, 1.82) is 0 Å². The quantitative estimate of drug-likeness (QED) is 0.784. The molecule has 0 N–H and O–H groups in total. The smallest absolute Gasteiger partial charge is 0.309 e. The number of carbonyl (C=O) groups excluding carboxylic acids is 1. The summed E-state index contributed by atoms with van der Waals surface area (Å²) < 4.78 is 4.99. The van der Waals surface area contributed by atoms with Crippen LogP contribution in [0, 0.1) is 5.92 Å². The molecule has 0 aromatic heterocycles. The van der Waals surface area contributed by atoms with Crippen LogP contribution in [0.5, 0.6) is 0 Å². The van der Waals surface area contributed by atoms with Gasteiger partial charge >= 0.3 is 5.97 Å². The molecule has 1 aliphatic carbocycles. The molecule has 2 aromatic carbocycles. The number of rotatable bonds is 2. The molecule has 2 nitrogen and oxygen atoms in total. The predicted octanol–water partition coefficient (Wildman–Crippen LogP) is 3.73. The Labute approximate surface area is 125 Å². The van der Waals surface area contributed by atoms with Crippen molar-refractivity contribution in [3.63, 3.8) is 0 Å². The Morgan fingerprint density at radius 3 is 2.48 bits per heavy atom. The van der Waals surface area contributed by atoms with E-state index in [2.05, 4.69) is 49.4 Å². The highest BCUT2D eigenvalue weighted by Gasteiger charge is 2.40. The molecule has 2 heteroatoms. The Morgan fingerprint density at radius 1 is 1.10 bits per heavy atom. The van der Waals surface area contributed by atoms with Crippen molar-refractivity contribution in [1.82, 2.24) is 0 Å². The van der Waals surface area contributed by atoms with Gasteiger partial charge in [0.1, 0.15) is 0 Å². The molecule has 0 unspecified atom stereocenters. The summed E-state index contributed by atoms with van der Waals surface area (Å²) in [5, 5.41) is 0. The average molecular weight is 280 g/mol. The zero-order valence-corrected chi connectivity index (χ0v) is 12.5. The first-order valence-electron chi connectivity index (χ1n) is 7.37. The molecular formula is C19H20O2. The van der Waals surface area contributed by atoms with E-state index in [1.807, 2.05) is 12.1 Å². The summed E-state index contributed by atoms with van der Waals surface area (Å²) in [4.78, 5) is 12.1. The fourth-order valence-electron chi connectivity index (χ4n) is 3.59. The normalized spacial score (nSPS) is 24.2. The fourth-order valence-corrected chi connectivity index (χ4v) is 3.59. The molecule has 0 amide bonds. The summed E-state index contributed by atoms with van der Waals surface area (Å²) in [6.07, 6.45) is 1.56. The molecule has 0 saturated heterocycles. The van der Waals surface area contributed by atoms with Gasteiger partial charge in [0.2, 0.25) is 0 Å². The van der Waals surface area contributed by atoms with Gasteiger partial charge in [0.15, 0.2) is 0 Å². The summed E-state index contributed by atoms with van der Waals surface area (Å²) in [6.45, 7) is 2.23. The van der Waals surface area contributed by atoms with E-state index >= 15 is 0 Å². The zero-order valence-electron chi connectivity index (χ0n) is 12.5. The molecule has 0 fully saturated rings. The summed E-state index contributed by atoms with van der Waals surface area (Å²) in [6, 6.07) is 18.9. The lowest BCUT2D eigenvalue weighted by atomic mass is 9.64. The highest BCUT2D eigenvalue weighted by molar-refractivity contribution is 5.74. The van der Waals surface area contributed by atoms with Crippen LogP contribution in [-0.2, 0) is 21.4 Å². The number of carbonyl (C=O) groups is 1. The van der Waals surface area contributed by atoms with Crippen molar-refractivity contribution in [2.75, 3.05) is 7.11 Å². The first-order valence-corrected chi connectivity index (χ1v) is 7.37. The van der Waals surface area contributed by atoms with E-state index in [4.69, 9.17) is 4.74 Å². The Morgan fingerprint density at radius 2 is 1.76 bits per heavy atom. The molecule has 0 radical (unpaired) electrons. The van der Waals surface area contributed by atoms with Gasteiger partial charge in [-0.3, -0.25) is 4.79 Å². The lowest BCUT2D eigenvalue weighted by molar-refractivity contribution is -0.146. The molecule has 0 bridgehead atoms. The molecule has 0 aliphatic heterocycles. The number of ether oxygens (including phenoxy) is 1. The molecule has 3 rings (SSSR count). The maximum Gasteiger partial charge on any atom is 0.309 e. The minimum absolute atomic E-state index is 0.0740. The summed E-state index contributed by atoms with van der Waals surface area (Å²) >= 11 is 0. The number of benzene rings is 2. The molecular weight excluding hydrogens is 260 g/mol. The highest BCUT2D eigenvalue weighted by atomic mass is 16.5. The van der Waals surface area contributed by atoms with Gasteiger partial charge in [-0.25, -0.2) is 0 Å². The lowest BCUT2D eigenvalue weighted by Crippen LogP contribution is -2.37. The first kappa shape index (κ1) is 13.9. The highest BCUT2D eigenvalue weighted by Crippen LogP contribution is 2.44. The van der Waals surface area contributed by atoms with Crippen LogP contribution in [0.15, 0.2) is 54.6 Å². The van der Waals surface area contributed by atoms with Gasteiger partial charge in [-0.2, -0.15) is 0 Å². The maximum absolute atomic E-state index is 12.1. The van der Waals surface area contributed by atoms with Crippen molar-refractivity contribution >= 4 is 5.97 Å². The second-order valence-electron chi connectivity index (χ2n) is 5.98. The lowest BCUT2D eigenvalue weighted by Gasteiger charge is -2.39. The number of fused-ring (bicyclic) bond motifs is 1. The number of hydrogen-bond acceptors (Lipinski definition) is 2. The standard InChI is InChI=1S/C19H20O2/c1-19(16-9-4-3-5-10-16)13-15(18(20)21-2)12-14-8-6-7-11-17(14)19/h3-11,15H,12-13H2,1-2H3/t15-,19+/m1/s1. The van der Waals surface area contributed by atoms with Crippen LogP contribution in [0.4, 0.5) is 0 Å². The van der Waals surface area contributed by atoms with E-state index in [0.717, 1.165) is 12.8 Å². The first-order chi connectivity index (χ1) is 10.1. The van der Waals surface area contributed by atoms with Gasteiger partial charge in [0.25, 0.3) is 0 Å². The van der Waals surface area contributed by atoms with Crippen molar-refractivity contribution in [3.8, 4) is 0 Å². The molecule has 21 heavy (non-hydrogen) atoms. The van der Waals surface area contributed by atoms with E-state index in [-0.39, 0.29) is 17.3 Å². The Hall–Kier alpha value is -2.09. The van der Waals surface area contributed by atoms with Crippen LogP contribution >= 0.6 is 0 Å². The monoisotopic (exact) mass is 280 g/mol. The van der Waals surface area contributed by atoms with E-state index in [9.17, 15) is 4.79 Å². The van der Waals surface area contributed by atoms with E-state index in [0.29, 0.717) is 0 Å². The third kappa shape index (κ3) is 2.35. The third-order valence-corrected chi connectivity index (χ3v) is 4.68. The fraction of sp³-hybridized carbons (Fsp3) is 0.316. The molecule has 0 heterocycles. The van der Waals surface area contributed by atoms with E-state index < -0.39 is 0 Å². The number of methoxy groups -OCH3 is 1. The molecule has 0 spiro atoms. The minimum Gasteiger partial charge on any atom is -0.469 e. The molecule has 0 saturated carbocycles. The van der Waals surface area contributed by atoms with Crippen molar-refractivity contribution in [2.45, 2.75) is 25.2 Å². The third-order valence-electron chi connectivity index (χ3n) is 4.68. The molecule has 108 valence electrons. The van der Waals surface area contributed by atoms with Crippen LogP contribution in [0.25, 0.3) is 0 Å². The average Bonchev–Trinajstić information content (AvgIpc) is 2.55. The van der Waals surface area contributed by atoms with Crippen LogP contribution in [0.2, 0.25) is 0 Å². The zero-order chi connectivity index (χ0) is 14.9. The number of esters is 1. The van der Waals surface area contributed by atoms with Crippen LogP contribution in [-0.4, -0.2) is 13.1 Å².